The third kappa shape index (κ3) is 3.45. The first-order valence-electron chi connectivity index (χ1n) is 10.7. The molecule has 0 saturated carbocycles. The summed E-state index contributed by atoms with van der Waals surface area (Å²) in [6, 6.07) is 15.7. The molecule has 5 rings (SSSR count). The van der Waals surface area contributed by atoms with Crippen LogP contribution in [0.15, 0.2) is 42.5 Å². The lowest BCUT2D eigenvalue weighted by Crippen LogP contribution is -2.48. The third-order valence-corrected chi connectivity index (χ3v) is 6.67. The first kappa shape index (κ1) is 17.1. The van der Waals surface area contributed by atoms with Crippen molar-refractivity contribution in [3.8, 4) is 0 Å². The third-order valence-electron chi connectivity index (χ3n) is 6.67. The van der Waals surface area contributed by atoms with Crippen LogP contribution in [0.25, 0.3) is 0 Å². The quantitative estimate of drug-likeness (QED) is 0.868. The fourth-order valence-corrected chi connectivity index (χ4v) is 5.32. The minimum atomic E-state index is 0.450. The van der Waals surface area contributed by atoms with Gasteiger partial charge in [0.15, 0.2) is 0 Å². The Morgan fingerprint density at radius 1 is 1.04 bits per heavy atom. The average molecular weight is 362 g/mol. The number of benzene rings is 2. The molecule has 3 nitrogen and oxygen atoms in total. The van der Waals surface area contributed by atoms with Gasteiger partial charge in [-0.1, -0.05) is 36.4 Å². The zero-order valence-corrected chi connectivity index (χ0v) is 16.5. The Hall–Kier alpha value is -2.00. The highest BCUT2D eigenvalue weighted by Gasteiger charge is 2.34. The van der Waals surface area contributed by atoms with Crippen LogP contribution in [0.2, 0.25) is 0 Å². The Labute approximate surface area is 163 Å². The Bertz CT molecular complexity index is 793. The maximum atomic E-state index is 3.84. The van der Waals surface area contributed by atoms with Gasteiger partial charge < -0.3 is 10.2 Å². The molecule has 1 fully saturated rings. The van der Waals surface area contributed by atoms with Crippen LogP contribution in [0, 0.1) is 12.8 Å². The zero-order chi connectivity index (χ0) is 18.2. The predicted molar refractivity (Wildman–Crippen MR) is 114 cm³/mol. The van der Waals surface area contributed by atoms with Crippen molar-refractivity contribution in [2.45, 2.75) is 45.2 Å². The van der Waals surface area contributed by atoms with Crippen molar-refractivity contribution < 1.29 is 0 Å². The number of piperidine rings is 1. The smallest absolute Gasteiger partial charge is 0.112 e. The van der Waals surface area contributed by atoms with Crippen LogP contribution < -0.4 is 10.2 Å². The van der Waals surface area contributed by atoms with Crippen molar-refractivity contribution in [1.82, 2.24) is 4.90 Å². The molecule has 2 aromatic carbocycles. The highest BCUT2D eigenvalue weighted by Crippen LogP contribution is 2.42. The van der Waals surface area contributed by atoms with Gasteiger partial charge in [0.2, 0.25) is 0 Å². The van der Waals surface area contributed by atoms with Gasteiger partial charge >= 0.3 is 0 Å². The minimum absolute atomic E-state index is 0.450. The number of aryl methyl sites for hydroxylation is 2. The summed E-state index contributed by atoms with van der Waals surface area (Å²) in [6.45, 7) is 7.05. The van der Waals surface area contributed by atoms with E-state index in [4.69, 9.17) is 0 Å². The molecule has 3 aliphatic rings. The number of likely N-dealkylation sites (tertiary alicyclic amines) is 1. The van der Waals surface area contributed by atoms with E-state index < -0.39 is 0 Å². The SMILES string of the molecule is Cc1cc2c3c(c1)NC(CN1CCC(Cc4ccccc4)CC1)N3CCC2. The van der Waals surface area contributed by atoms with E-state index >= 15 is 0 Å². The van der Waals surface area contributed by atoms with Crippen molar-refractivity contribution in [1.29, 1.82) is 0 Å². The van der Waals surface area contributed by atoms with Crippen molar-refractivity contribution in [3.63, 3.8) is 0 Å². The molecule has 3 heteroatoms. The summed E-state index contributed by atoms with van der Waals surface area (Å²) in [4.78, 5) is 5.33. The molecule has 3 aliphatic heterocycles. The molecule has 1 saturated heterocycles. The van der Waals surface area contributed by atoms with Gasteiger partial charge in [0.25, 0.3) is 0 Å². The summed E-state index contributed by atoms with van der Waals surface area (Å²) in [5.41, 5.74) is 7.30. The van der Waals surface area contributed by atoms with Crippen molar-refractivity contribution >= 4 is 11.4 Å². The van der Waals surface area contributed by atoms with Gasteiger partial charge in [0, 0.05) is 13.1 Å². The number of anilines is 2. The van der Waals surface area contributed by atoms with Crippen LogP contribution in [-0.4, -0.2) is 37.2 Å². The van der Waals surface area contributed by atoms with Crippen molar-refractivity contribution in [2.24, 2.45) is 5.92 Å². The molecule has 0 amide bonds. The van der Waals surface area contributed by atoms with E-state index in [0.29, 0.717) is 6.17 Å². The number of rotatable bonds is 4. The van der Waals surface area contributed by atoms with E-state index in [0.717, 1.165) is 12.5 Å². The maximum Gasteiger partial charge on any atom is 0.112 e. The molecule has 0 bridgehead atoms. The van der Waals surface area contributed by atoms with Gasteiger partial charge in [0.1, 0.15) is 6.17 Å². The second-order valence-corrected chi connectivity index (χ2v) is 8.71. The van der Waals surface area contributed by atoms with Gasteiger partial charge in [-0.3, -0.25) is 4.90 Å². The Balaban J connectivity index is 1.20. The van der Waals surface area contributed by atoms with E-state index in [2.05, 4.69) is 64.5 Å². The first-order valence-corrected chi connectivity index (χ1v) is 10.7. The van der Waals surface area contributed by atoms with Crippen LogP contribution in [0.3, 0.4) is 0 Å². The number of nitrogens with zero attached hydrogens (tertiary/aromatic N) is 2. The van der Waals surface area contributed by atoms with Gasteiger partial charge in [-0.2, -0.15) is 0 Å². The van der Waals surface area contributed by atoms with E-state index in [-0.39, 0.29) is 0 Å². The molecule has 27 heavy (non-hydrogen) atoms. The summed E-state index contributed by atoms with van der Waals surface area (Å²) in [5.74, 6) is 0.849. The summed E-state index contributed by atoms with van der Waals surface area (Å²) >= 11 is 0. The predicted octanol–water partition coefficient (Wildman–Crippen LogP) is 4.45. The van der Waals surface area contributed by atoms with E-state index in [1.165, 1.54) is 74.2 Å². The second-order valence-electron chi connectivity index (χ2n) is 8.71. The van der Waals surface area contributed by atoms with Crippen LogP contribution in [0.1, 0.15) is 36.0 Å². The topological polar surface area (TPSA) is 18.5 Å². The summed E-state index contributed by atoms with van der Waals surface area (Å²) < 4.78 is 0. The molecule has 0 radical (unpaired) electrons. The molecule has 1 N–H and O–H groups in total. The normalized spacial score (nSPS) is 22.6. The fourth-order valence-electron chi connectivity index (χ4n) is 5.32. The first-order chi connectivity index (χ1) is 13.3. The fraction of sp³-hybridized carbons (Fsp3) is 0.500. The molecule has 0 aromatic heterocycles. The summed E-state index contributed by atoms with van der Waals surface area (Å²) in [5, 5.41) is 3.84. The highest BCUT2D eigenvalue weighted by molar-refractivity contribution is 5.81. The molecular formula is C24H31N3. The lowest BCUT2D eigenvalue weighted by atomic mass is 9.90. The molecule has 1 unspecified atom stereocenters. The Morgan fingerprint density at radius 3 is 2.67 bits per heavy atom. The van der Waals surface area contributed by atoms with Crippen molar-refractivity contribution in [3.05, 3.63) is 59.2 Å². The van der Waals surface area contributed by atoms with Gasteiger partial charge in [-0.15, -0.1) is 0 Å². The van der Waals surface area contributed by atoms with Gasteiger partial charge in [-0.25, -0.2) is 0 Å². The minimum Gasteiger partial charge on any atom is -0.362 e. The molecule has 142 valence electrons. The Kier molecular flexibility index (Phi) is 4.56. The lowest BCUT2D eigenvalue weighted by Gasteiger charge is -2.37. The van der Waals surface area contributed by atoms with Crippen LogP contribution in [0.5, 0.6) is 0 Å². The number of hydrogen-bond acceptors (Lipinski definition) is 3. The lowest BCUT2D eigenvalue weighted by molar-refractivity contribution is 0.177. The molecule has 0 spiro atoms. The molecule has 3 heterocycles. The van der Waals surface area contributed by atoms with Gasteiger partial charge in [0.05, 0.1) is 11.4 Å². The number of nitrogens with one attached hydrogen (secondary N) is 1. The van der Waals surface area contributed by atoms with E-state index in [1.807, 2.05) is 0 Å². The zero-order valence-electron chi connectivity index (χ0n) is 16.5. The van der Waals surface area contributed by atoms with Crippen LogP contribution >= 0.6 is 0 Å². The van der Waals surface area contributed by atoms with Gasteiger partial charge in [-0.05, 0) is 80.8 Å². The standard InChI is InChI=1S/C24H31N3/c1-18-14-21-8-5-11-27-23(25-22(15-18)24(21)27)17-26-12-9-20(10-13-26)16-19-6-3-2-4-7-19/h2-4,6-7,14-15,20,23,25H,5,8-13,16-17H2,1H3. The molecule has 1 atom stereocenters. The maximum absolute atomic E-state index is 3.84. The largest absolute Gasteiger partial charge is 0.362 e. The average Bonchev–Trinajstić information content (AvgIpc) is 3.03. The molecule has 2 aromatic rings. The van der Waals surface area contributed by atoms with E-state index in [9.17, 15) is 0 Å². The van der Waals surface area contributed by atoms with E-state index in [1.54, 1.807) is 5.56 Å². The molecular weight excluding hydrogens is 330 g/mol. The summed E-state index contributed by atoms with van der Waals surface area (Å²) in [6.07, 6.45) is 6.88. The summed E-state index contributed by atoms with van der Waals surface area (Å²) in [7, 11) is 0. The van der Waals surface area contributed by atoms with Crippen LogP contribution in [0.4, 0.5) is 11.4 Å². The number of hydrogen-bond donors (Lipinski definition) is 1. The highest BCUT2D eigenvalue weighted by atomic mass is 15.4. The Morgan fingerprint density at radius 2 is 1.85 bits per heavy atom. The second kappa shape index (κ2) is 7.20. The molecule has 0 aliphatic carbocycles. The monoisotopic (exact) mass is 361 g/mol. The van der Waals surface area contributed by atoms with Crippen molar-refractivity contribution in [2.75, 3.05) is 36.4 Å². The van der Waals surface area contributed by atoms with Crippen LogP contribution in [-0.2, 0) is 12.8 Å².